The lowest BCUT2D eigenvalue weighted by atomic mass is 10.2. The van der Waals surface area contributed by atoms with E-state index in [4.69, 9.17) is 4.99 Å². The summed E-state index contributed by atoms with van der Waals surface area (Å²) < 4.78 is 0. The predicted molar refractivity (Wildman–Crippen MR) is 124 cm³/mol. The second-order valence-electron chi connectivity index (χ2n) is 8.42. The van der Waals surface area contributed by atoms with Crippen molar-refractivity contribution in [3.05, 3.63) is 30.1 Å². The van der Waals surface area contributed by atoms with Crippen LogP contribution in [0.15, 0.2) is 29.3 Å². The van der Waals surface area contributed by atoms with E-state index in [9.17, 15) is 4.79 Å². The smallest absolute Gasteiger partial charge is 0.239 e. The Morgan fingerprint density at radius 3 is 2.58 bits per heavy atom. The summed E-state index contributed by atoms with van der Waals surface area (Å²) in [6.45, 7) is 11.1. The molecule has 1 aromatic heterocycles. The molecule has 2 aliphatic rings. The second-order valence-corrected chi connectivity index (χ2v) is 8.42. The maximum Gasteiger partial charge on any atom is 0.239 e. The molecule has 1 amide bonds. The molecular formula is C23H35N7O. The van der Waals surface area contributed by atoms with Crippen LogP contribution in [0.25, 0.3) is 11.0 Å². The Bertz CT molecular complexity index is 861. The minimum Gasteiger partial charge on any atom is -0.357 e. The van der Waals surface area contributed by atoms with Crippen molar-refractivity contribution in [3.8, 4) is 0 Å². The average molecular weight is 426 g/mol. The number of aromatic amines is 1. The number of aliphatic imine (C=N–C) groups is 1. The number of piperazine rings is 1. The Balaban J connectivity index is 1.30. The molecule has 2 saturated heterocycles. The number of likely N-dealkylation sites (tertiary alicyclic amines) is 1. The Labute approximate surface area is 184 Å². The maximum atomic E-state index is 12.7. The van der Waals surface area contributed by atoms with Crippen molar-refractivity contribution < 1.29 is 4.79 Å². The number of hydrogen-bond donors (Lipinski definition) is 2. The number of nitrogens with one attached hydrogen (secondary N) is 2. The molecular weight excluding hydrogens is 390 g/mol. The third-order valence-electron chi connectivity index (χ3n) is 6.32. The van der Waals surface area contributed by atoms with E-state index in [-0.39, 0.29) is 11.9 Å². The van der Waals surface area contributed by atoms with Gasteiger partial charge in [0.05, 0.1) is 17.1 Å². The molecule has 1 aromatic carbocycles. The minimum absolute atomic E-state index is 0.0344. The van der Waals surface area contributed by atoms with Gasteiger partial charge in [-0.25, -0.2) is 4.98 Å². The van der Waals surface area contributed by atoms with Crippen molar-refractivity contribution in [1.82, 2.24) is 30.0 Å². The molecule has 0 spiro atoms. The number of guanidine groups is 1. The molecule has 4 rings (SSSR count). The normalized spacial score (nSPS) is 19.2. The number of nitrogens with zero attached hydrogens (tertiary/aromatic N) is 5. The molecule has 8 heteroatoms. The van der Waals surface area contributed by atoms with E-state index in [1.54, 1.807) is 0 Å². The Kier molecular flexibility index (Phi) is 7.06. The number of fused-ring (bicyclic) bond motifs is 1. The number of H-pyrrole nitrogens is 1. The highest BCUT2D eigenvalue weighted by Gasteiger charge is 2.30. The fraction of sp³-hybridized carbons (Fsp3) is 0.609. The molecule has 31 heavy (non-hydrogen) atoms. The van der Waals surface area contributed by atoms with Crippen LogP contribution in [0, 0.1) is 0 Å². The first-order chi connectivity index (χ1) is 15.2. The number of benzene rings is 1. The van der Waals surface area contributed by atoms with E-state index in [2.05, 4.69) is 38.9 Å². The molecule has 2 N–H and O–H groups in total. The van der Waals surface area contributed by atoms with E-state index in [1.807, 2.05) is 29.2 Å². The van der Waals surface area contributed by atoms with E-state index in [1.165, 1.54) is 0 Å². The van der Waals surface area contributed by atoms with Gasteiger partial charge in [-0.05, 0) is 38.8 Å². The first kappa shape index (κ1) is 21.6. The van der Waals surface area contributed by atoms with E-state index in [0.717, 1.165) is 87.9 Å². The summed E-state index contributed by atoms with van der Waals surface area (Å²) in [4.78, 5) is 32.3. The van der Waals surface area contributed by atoms with Gasteiger partial charge in [-0.3, -0.25) is 14.7 Å². The van der Waals surface area contributed by atoms with E-state index < -0.39 is 0 Å². The van der Waals surface area contributed by atoms with Crippen molar-refractivity contribution in [1.29, 1.82) is 0 Å². The van der Waals surface area contributed by atoms with Gasteiger partial charge in [0.2, 0.25) is 5.91 Å². The lowest BCUT2D eigenvalue weighted by molar-refractivity contribution is -0.135. The van der Waals surface area contributed by atoms with Gasteiger partial charge < -0.3 is 20.1 Å². The Morgan fingerprint density at radius 1 is 1.13 bits per heavy atom. The standard InChI is InChI=1S/C23H35N7O/c1-3-24-23(25-11-10-21-26-19-8-4-5-9-20(19)27-21)30-16-14-28(15-17-30)18(2)22(31)29-12-6-7-13-29/h4-5,8-9,18H,3,6-7,10-17H2,1-2H3,(H,24,25)(H,26,27). The molecule has 0 aliphatic carbocycles. The van der Waals surface area contributed by atoms with Crippen molar-refractivity contribution in [2.24, 2.45) is 4.99 Å². The number of rotatable bonds is 6. The fourth-order valence-electron chi connectivity index (χ4n) is 4.50. The van der Waals surface area contributed by atoms with Gasteiger partial charge in [0.15, 0.2) is 5.96 Å². The van der Waals surface area contributed by atoms with Gasteiger partial charge >= 0.3 is 0 Å². The molecule has 2 aliphatic heterocycles. The quantitative estimate of drug-likeness (QED) is 0.544. The van der Waals surface area contributed by atoms with Gasteiger partial charge in [-0.1, -0.05) is 12.1 Å². The van der Waals surface area contributed by atoms with Crippen LogP contribution in [0.3, 0.4) is 0 Å². The maximum absolute atomic E-state index is 12.7. The monoisotopic (exact) mass is 425 g/mol. The zero-order chi connectivity index (χ0) is 21.6. The third kappa shape index (κ3) is 5.18. The van der Waals surface area contributed by atoms with Gasteiger partial charge in [-0.2, -0.15) is 0 Å². The third-order valence-corrected chi connectivity index (χ3v) is 6.32. The molecule has 1 atom stereocenters. The molecule has 0 radical (unpaired) electrons. The summed E-state index contributed by atoms with van der Waals surface area (Å²) >= 11 is 0. The SMILES string of the molecule is CCNC(=NCCc1nc2ccccc2[nH]1)N1CCN(C(C)C(=O)N2CCCC2)CC1. The van der Waals surface area contributed by atoms with Crippen molar-refractivity contribution >= 4 is 22.9 Å². The number of para-hydroxylation sites is 2. The van der Waals surface area contributed by atoms with Crippen LogP contribution in [0.1, 0.15) is 32.5 Å². The number of hydrogen-bond acceptors (Lipinski definition) is 4. The molecule has 8 nitrogen and oxygen atoms in total. The zero-order valence-electron chi connectivity index (χ0n) is 18.8. The van der Waals surface area contributed by atoms with Gasteiger partial charge in [-0.15, -0.1) is 0 Å². The average Bonchev–Trinajstić information content (AvgIpc) is 3.47. The van der Waals surface area contributed by atoms with E-state index >= 15 is 0 Å². The molecule has 2 aromatic rings. The highest BCUT2D eigenvalue weighted by Crippen LogP contribution is 2.14. The van der Waals surface area contributed by atoms with Crippen LogP contribution in [0.4, 0.5) is 0 Å². The lowest BCUT2D eigenvalue weighted by Crippen LogP contribution is -2.57. The molecule has 3 heterocycles. The summed E-state index contributed by atoms with van der Waals surface area (Å²) in [7, 11) is 0. The Hall–Kier alpha value is -2.61. The topological polar surface area (TPSA) is 79.9 Å². The Morgan fingerprint density at radius 2 is 1.87 bits per heavy atom. The minimum atomic E-state index is -0.0344. The summed E-state index contributed by atoms with van der Waals surface area (Å²) in [5.74, 6) is 2.22. The summed E-state index contributed by atoms with van der Waals surface area (Å²) in [6, 6.07) is 8.07. The van der Waals surface area contributed by atoms with Crippen LogP contribution in [-0.4, -0.2) is 94.9 Å². The van der Waals surface area contributed by atoms with Gasteiger partial charge in [0.1, 0.15) is 5.82 Å². The molecule has 0 bridgehead atoms. The summed E-state index contributed by atoms with van der Waals surface area (Å²) in [5.41, 5.74) is 2.07. The lowest BCUT2D eigenvalue weighted by Gasteiger charge is -2.39. The number of amides is 1. The van der Waals surface area contributed by atoms with E-state index in [0.29, 0.717) is 6.54 Å². The van der Waals surface area contributed by atoms with Crippen molar-refractivity contribution in [2.45, 2.75) is 39.2 Å². The van der Waals surface area contributed by atoms with Crippen molar-refractivity contribution in [3.63, 3.8) is 0 Å². The van der Waals surface area contributed by atoms with Crippen LogP contribution in [0.2, 0.25) is 0 Å². The molecule has 2 fully saturated rings. The second kappa shape index (κ2) is 10.1. The zero-order valence-corrected chi connectivity index (χ0v) is 18.8. The summed E-state index contributed by atoms with van der Waals surface area (Å²) in [6.07, 6.45) is 3.07. The van der Waals surface area contributed by atoms with Gasteiger partial charge in [0, 0.05) is 58.8 Å². The fourth-order valence-corrected chi connectivity index (χ4v) is 4.50. The largest absolute Gasteiger partial charge is 0.357 e. The number of carbonyl (C=O) groups is 1. The van der Waals surface area contributed by atoms with Crippen LogP contribution in [-0.2, 0) is 11.2 Å². The molecule has 168 valence electrons. The number of aromatic nitrogens is 2. The molecule has 1 unspecified atom stereocenters. The number of carbonyl (C=O) groups excluding carboxylic acids is 1. The summed E-state index contributed by atoms with van der Waals surface area (Å²) in [5, 5.41) is 3.43. The van der Waals surface area contributed by atoms with Crippen LogP contribution in [0.5, 0.6) is 0 Å². The first-order valence-electron chi connectivity index (χ1n) is 11.7. The highest BCUT2D eigenvalue weighted by molar-refractivity contribution is 5.82. The van der Waals surface area contributed by atoms with Crippen LogP contribution >= 0.6 is 0 Å². The number of imidazole rings is 1. The van der Waals surface area contributed by atoms with Crippen LogP contribution < -0.4 is 5.32 Å². The van der Waals surface area contributed by atoms with Gasteiger partial charge in [0.25, 0.3) is 0 Å². The molecule has 0 saturated carbocycles. The predicted octanol–water partition coefficient (Wildman–Crippen LogP) is 1.70. The first-order valence-corrected chi connectivity index (χ1v) is 11.7. The highest BCUT2D eigenvalue weighted by atomic mass is 16.2. The van der Waals surface area contributed by atoms with Crippen molar-refractivity contribution in [2.75, 3.05) is 52.4 Å².